The van der Waals surface area contributed by atoms with Crippen molar-refractivity contribution in [1.82, 2.24) is 5.32 Å². The van der Waals surface area contributed by atoms with Crippen LogP contribution >= 0.6 is 0 Å². The van der Waals surface area contributed by atoms with Crippen molar-refractivity contribution in [1.29, 1.82) is 0 Å². The first-order valence-corrected chi connectivity index (χ1v) is 7.15. The van der Waals surface area contributed by atoms with Crippen molar-refractivity contribution in [3.8, 4) is 0 Å². The Morgan fingerprint density at radius 3 is 2.65 bits per heavy atom. The molecule has 0 saturated heterocycles. The van der Waals surface area contributed by atoms with Crippen LogP contribution in [-0.2, 0) is 4.74 Å². The molecule has 2 nitrogen and oxygen atoms in total. The molecular weight excluding hydrogens is 210 g/mol. The van der Waals surface area contributed by atoms with Crippen LogP contribution in [0.3, 0.4) is 0 Å². The molecule has 1 aliphatic carbocycles. The van der Waals surface area contributed by atoms with Gasteiger partial charge in [-0.1, -0.05) is 25.5 Å². The second-order valence-corrected chi connectivity index (χ2v) is 5.28. The van der Waals surface area contributed by atoms with E-state index in [2.05, 4.69) is 32.2 Å². The maximum Gasteiger partial charge on any atom is 0.0838 e. The fraction of sp³-hybridized carbons (Fsp3) is 0.867. The quantitative estimate of drug-likeness (QED) is 0.684. The first-order chi connectivity index (χ1) is 8.18. The molecule has 1 aliphatic rings. The number of nitrogens with one attached hydrogen (secondary N) is 1. The Bertz CT molecular complexity index is 243. The summed E-state index contributed by atoms with van der Waals surface area (Å²) in [6, 6.07) is 0.387. The summed E-state index contributed by atoms with van der Waals surface area (Å²) < 4.78 is 5.80. The molecule has 0 aromatic carbocycles. The van der Waals surface area contributed by atoms with Gasteiger partial charge in [0, 0.05) is 7.11 Å². The average Bonchev–Trinajstić information content (AvgIpc) is 2.40. The van der Waals surface area contributed by atoms with E-state index in [0.717, 1.165) is 13.0 Å². The smallest absolute Gasteiger partial charge is 0.0838 e. The maximum atomic E-state index is 5.80. The van der Waals surface area contributed by atoms with Crippen LogP contribution in [0.25, 0.3) is 0 Å². The third-order valence-corrected chi connectivity index (χ3v) is 4.07. The molecule has 0 fully saturated rings. The lowest BCUT2D eigenvalue weighted by atomic mass is 9.82. The van der Waals surface area contributed by atoms with Crippen molar-refractivity contribution in [3.05, 3.63) is 11.6 Å². The fourth-order valence-electron chi connectivity index (χ4n) is 2.62. The summed E-state index contributed by atoms with van der Waals surface area (Å²) in [5.41, 5.74) is 1.49. The van der Waals surface area contributed by atoms with Gasteiger partial charge in [-0.05, 0) is 52.0 Å². The lowest BCUT2D eigenvalue weighted by Crippen LogP contribution is -2.51. The summed E-state index contributed by atoms with van der Waals surface area (Å²) in [5, 5.41) is 3.69. The van der Waals surface area contributed by atoms with E-state index in [-0.39, 0.29) is 5.60 Å². The van der Waals surface area contributed by atoms with Crippen LogP contribution in [0.1, 0.15) is 59.3 Å². The van der Waals surface area contributed by atoms with Crippen molar-refractivity contribution in [2.45, 2.75) is 70.9 Å². The molecule has 0 aliphatic heterocycles. The van der Waals surface area contributed by atoms with E-state index in [1.807, 2.05) is 7.11 Å². The molecule has 0 aromatic heterocycles. The highest BCUT2D eigenvalue weighted by Gasteiger charge is 2.34. The minimum atomic E-state index is -0.0711. The number of hydrogen-bond donors (Lipinski definition) is 1. The third-order valence-electron chi connectivity index (χ3n) is 4.07. The molecule has 0 saturated carbocycles. The summed E-state index contributed by atoms with van der Waals surface area (Å²) >= 11 is 0. The molecule has 100 valence electrons. The zero-order valence-electron chi connectivity index (χ0n) is 12.0. The lowest BCUT2D eigenvalue weighted by Gasteiger charge is -2.39. The molecule has 0 spiro atoms. The molecule has 1 N–H and O–H groups in total. The monoisotopic (exact) mass is 239 g/mol. The van der Waals surface area contributed by atoms with E-state index in [1.165, 1.54) is 32.1 Å². The van der Waals surface area contributed by atoms with Crippen LogP contribution in [0.15, 0.2) is 11.6 Å². The minimum Gasteiger partial charge on any atom is -0.377 e. The first-order valence-electron chi connectivity index (χ1n) is 7.15. The number of allylic oxidation sites excluding steroid dienone is 1. The topological polar surface area (TPSA) is 21.3 Å². The Balaban J connectivity index is 2.81. The lowest BCUT2D eigenvalue weighted by molar-refractivity contribution is -0.0201. The summed E-state index contributed by atoms with van der Waals surface area (Å²) in [6.07, 6.45) is 9.81. The van der Waals surface area contributed by atoms with E-state index in [0.29, 0.717) is 6.04 Å². The predicted octanol–water partition coefficient (Wildman–Crippen LogP) is 3.67. The Morgan fingerprint density at radius 2 is 2.18 bits per heavy atom. The Labute approximate surface area is 107 Å². The van der Waals surface area contributed by atoms with Gasteiger partial charge in [0.15, 0.2) is 0 Å². The third kappa shape index (κ3) is 3.82. The average molecular weight is 239 g/mol. The molecule has 0 amide bonds. The largest absolute Gasteiger partial charge is 0.377 e. The van der Waals surface area contributed by atoms with Crippen LogP contribution < -0.4 is 5.32 Å². The zero-order valence-corrected chi connectivity index (χ0v) is 12.0. The second kappa shape index (κ2) is 7.17. The normalized spacial score (nSPS) is 21.8. The van der Waals surface area contributed by atoms with Gasteiger partial charge in [0.25, 0.3) is 0 Å². The molecule has 2 atom stereocenters. The van der Waals surface area contributed by atoms with E-state index < -0.39 is 0 Å². The van der Waals surface area contributed by atoms with Crippen molar-refractivity contribution in [2.24, 2.45) is 0 Å². The van der Waals surface area contributed by atoms with E-state index >= 15 is 0 Å². The molecule has 0 aromatic rings. The van der Waals surface area contributed by atoms with Crippen molar-refractivity contribution in [3.63, 3.8) is 0 Å². The minimum absolute atomic E-state index is 0.0711. The van der Waals surface area contributed by atoms with Gasteiger partial charge >= 0.3 is 0 Å². The maximum absolute atomic E-state index is 5.80. The summed E-state index contributed by atoms with van der Waals surface area (Å²) in [7, 11) is 1.84. The SMILES string of the molecule is CCCNC(C1=CCCCC1)C(C)(CC)OC. The Kier molecular flexibility index (Phi) is 6.21. The number of hydrogen-bond acceptors (Lipinski definition) is 2. The van der Waals surface area contributed by atoms with Crippen LogP contribution in [0, 0.1) is 0 Å². The van der Waals surface area contributed by atoms with E-state index in [1.54, 1.807) is 5.57 Å². The van der Waals surface area contributed by atoms with Gasteiger partial charge in [-0.15, -0.1) is 0 Å². The number of methoxy groups -OCH3 is 1. The standard InChI is InChI=1S/C15H29NO/c1-5-12-16-14(15(3,6-2)17-4)13-10-8-7-9-11-13/h10,14,16H,5-9,11-12H2,1-4H3. The summed E-state index contributed by atoms with van der Waals surface area (Å²) in [6.45, 7) is 7.74. The van der Waals surface area contributed by atoms with Gasteiger partial charge in [0.1, 0.15) is 0 Å². The van der Waals surface area contributed by atoms with Crippen LogP contribution in [0.5, 0.6) is 0 Å². The van der Waals surface area contributed by atoms with Crippen LogP contribution in [-0.4, -0.2) is 25.3 Å². The molecule has 0 heterocycles. The number of ether oxygens (including phenoxy) is 1. The Morgan fingerprint density at radius 1 is 1.41 bits per heavy atom. The molecule has 1 rings (SSSR count). The molecule has 0 bridgehead atoms. The highest BCUT2D eigenvalue weighted by atomic mass is 16.5. The van der Waals surface area contributed by atoms with Gasteiger partial charge in [-0.25, -0.2) is 0 Å². The van der Waals surface area contributed by atoms with E-state index in [9.17, 15) is 0 Å². The molecule has 2 heteroatoms. The fourth-order valence-corrected chi connectivity index (χ4v) is 2.62. The second-order valence-electron chi connectivity index (χ2n) is 5.28. The van der Waals surface area contributed by atoms with Gasteiger partial charge in [0.2, 0.25) is 0 Å². The summed E-state index contributed by atoms with van der Waals surface area (Å²) in [4.78, 5) is 0. The van der Waals surface area contributed by atoms with Gasteiger partial charge in [-0.3, -0.25) is 0 Å². The van der Waals surface area contributed by atoms with Crippen LogP contribution in [0.2, 0.25) is 0 Å². The molecular formula is C15H29NO. The van der Waals surface area contributed by atoms with Gasteiger partial charge in [-0.2, -0.15) is 0 Å². The van der Waals surface area contributed by atoms with Gasteiger partial charge in [0.05, 0.1) is 11.6 Å². The van der Waals surface area contributed by atoms with E-state index in [4.69, 9.17) is 4.74 Å². The highest BCUT2D eigenvalue weighted by molar-refractivity contribution is 5.18. The molecule has 0 radical (unpaired) electrons. The van der Waals surface area contributed by atoms with Crippen molar-refractivity contribution in [2.75, 3.05) is 13.7 Å². The predicted molar refractivity (Wildman–Crippen MR) is 74.3 cm³/mol. The summed E-state index contributed by atoms with van der Waals surface area (Å²) in [5.74, 6) is 0. The first kappa shape index (κ1) is 14.7. The van der Waals surface area contributed by atoms with Crippen molar-refractivity contribution >= 4 is 0 Å². The van der Waals surface area contributed by atoms with Crippen molar-refractivity contribution < 1.29 is 4.74 Å². The zero-order chi connectivity index (χ0) is 12.7. The molecule has 2 unspecified atom stereocenters. The van der Waals surface area contributed by atoms with Crippen LogP contribution in [0.4, 0.5) is 0 Å². The van der Waals surface area contributed by atoms with Gasteiger partial charge < -0.3 is 10.1 Å². The Hall–Kier alpha value is -0.340. The molecule has 17 heavy (non-hydrogen) atoms. The number of rotatable bonds is 7. The highest BCUT2D eigenvalue weighted by Crippen LogP contribution is 2.30.